The van der Waals surface area contributed by atoms with Gasteiger partial charge in [0.1, 0.15) is 5.60 Å². The average Bonchev–Trinajstić information content (AvgIpc) is 2.45. The standard InChI is InChI=1S/C18H23O4P/c1-13(2)18(22-23(19,20)21,16-11-7-5-9-14(16)3)17-12-8-6-10-15(17)4/h5-13H,1-4H3,(H2,19,20,21). The van der Waals surface area contributed by atoms with Crippen LogP contribution in [0.5, 0.6) is 0 Å². The summed E-state index contributed by atoms with van der Waals surface area (Å²) in [4.78, 5) is 19.2. The second-order valence-corrected chi connectivity index (χ2v) is 7.27. The zero-order chi connectivity index (χ0) is 17.3. The monoisotopic (exact) mass is 334 g/mol. The van der Waals surface area contributed by atoms with Crippen molar-refractivity contribution >= 4 is 7.82 Å². The molecule has 0 saturated carbocycles. The second-order valence-electron chi connectivity index (χ2n) is 6.10. The van der Waals surface area contributed by atoms with Gasteiger partial charge in [-0.25, -0.2) is 4.57 Å². The fourth-order valence-electron chi connectivity index (χ4n) is 3.14. The van der Waals surface area contributed by atoms with E-state index in [9.17, 15) is 14.4 Å². The highest BCUT2D eigenvalue weighted by Gasteiger charge is 2.45. The lowest BCUT2D eigenvalue weighted by molar-refractivity contribution is 0.0250. The van der Waals surface area contributed by atoms with Gasteiger partial charge in [-0.2, -0.15) is 0 Å². The van der Waals surface area contributed by atoms with Crippen molar-refractivity contribution in [3.63, 3.8) is 0 Å². The quantitative estimate of drug-likeness (QED) is 0.800. The summed E-state index contributed by atoms with van der Waals surface area (Å²) in [6, 6.07) is 15.1. The van der Waals surface area contributed by atoms with Crippen LogP contribution >= 0.6 is 7.82 Å². The van der Waals surface area contributed by atoms with Crippen LogP contribution in [-0.2, 0) is 14.7 Å². The molecule has 2 aromatic rings. The first-order valence-electron chi connectivity index (χ1n) is 7.57. The van der Waals surface area contributed by atoms with Crippen molar-refractivity contribution in [3.05, 3.63) is 70.8 Å². The second kappa shape index (κ2) is 6.58. The van der Waals surface area contributed by atoms with Crippen LogP contribution in [0.3, 0.4) is 0 Å². The van der Waals surface area contributed by atoms with Gasteiger partial charge < -0.3 is 9.79 Å². The van der Waals surface area contributed by atoms with E-state index >= 15 is 0 Å². The molecule has 0 saturated heterocycles. The van der Waals surface area contributed by atoms with E-state index < -0.39 is 13.4 Å². The summed E-state index contributed by atoms with van der Waals surface area (Å²) < 4.78 is 17.3. The van der Waals surface area contributed by atoms with Crippen LogP contribution < -0.4 is 0 Å². The zero-order valence-corrected chi connectivity index (χ0v) is 14.7. The van der Waals surface area contributed by atoms with Crippen molar-refractivity contribution in [2.75, 3.05) is 0 Å². The topological polar surface area (TPSA) is 66.8 Å². The molecule has 0 amide bonds. The average molecular weight is 334 g/mol. The lowest BCUT2D eigenvalue weighted by atomic mass is 9.75. The van der Waals surface area contributed by atoms with Crippen molar-refractivity contribution in [1.29, 1.82) is 0 Å². The summed E-state index contributed by atoms with van der Waals surface area (Å²) >= 11 is 0. The van der Waals surface area contributed by atoms with Crippen molar-refractivity contribution < 1.29 is 18.9 Å². The van der Waals surface area contributed by atoms with E-state index in [4.69, 9.17) is 4.52 Å². The van der Waals surface area contributed by atoms with Gasteiger partial charge in [0.05, 0.1) is 0 Å². The molecule has 0 radical (unpaired) electrons. The highest BCUT2D eigenvalue weighted by molar-refractivity contribution is 7.46. The summed E-state index contributed by atoms with van der Waals surface area (Å²) in [5.74, 6) is -0.183. The first-order valence-corrected chi connectivity index (χ1v) is 9.10. The maximum absolute atomic E-state index is 11.8. The minimum atomic E-state index is -4.71. The molecule has 0 atom stereocenters. The fourth-order valence-corrected chi connectivity index (χ4v) is 3.92. The third-order valence-electron chi connectivity index (χ3n) is 4.17. The third kappa shape index (κ3) is 3.56. The molecule has 0 spiro atoms. The molecular formula is C18H23O4P. The molecule has 0 aliphatic carbocycles. The van der Waals surface area contributed by atoms with Crippen molar-refractivity contribution in [2.24, 2.45) is 5.92 Å². The van der Waals surface area contributed by atoms with E-state index in [2.05, 4.69) is 0 Å². The van der Waals surface area contributed by atoms with Crippen LogP contribution in [-0.4, -0.2) is 9.79 Å². The van der Waals surface area contributed by atoms with E-state index in [0.717, 1.165) is 22.3 Å². The van der Waals surface area contributed by atoms with Crippen LogP contribution in [0.25, 0.3) is 0 Å². The Labute approximate surface area is 137 Å². The number of rotatable bonds is 5. The first-order chi connectivity index (χ1) is 10.7. The first kappa shape index (κ1) is 17.9. The summed E-state index contributed by atoms with van der Waals surface area (Å²) in [7, 11) is -4.71. The number of benzene rings is 2. The van der Waals surface area contributed by atoms with Gasteiger partial charge in [-0.05, 0) is 42.0 Å². The normalized spacial score (nSPS) is 12.7. The molecule has 124 valence electrons. The highest BCUT2D eigenvalue weighted by atomic mass is 31.2. The van der Waals surface area contributed by atoms with Crippen LogP contribution in [0.2, 0.25) is 0 Å². The Morgan fingerprint density at radius 3 is 1.61 bits per heavy atom. The van der Waals surface area contributed by atoms with E-state index in [1.165, 1.54) is 0 Å². The van der Waals surface area contributed by atoms with Gasteiger partial charge >= 0.3 is 7.82 Å². The molecule has 0 unspecified atom stereocenters. The summed E-state index contributed by atoms with van der Waals surface area (Å²) in [5, 5.41) is 0. The van der Waals surface area contributed by atoms with Crippen LogP contribution in [0.1, 0.15) is 36.1 Å². The van der Waals surface area contributed by atoms with Crippen LogP contribution in [0, 0.1) is 19.8 Å². The van der Waals surface area contributed by atoms with E-state index in [1.54, 1.807) is 0 Å². The Balaban J connectivity index is 2.85. The number of hydrogen-bond donors (Lipinski definition) is 2. The van der Waals surface area contributed by atoms with E-state index in [0.29, 0.717) is 0 Å². The molecule has 5 heteroatoms. The zero-order valence-electron chi connectivity index (χ0n) is 13.9. The summed E-state index contributed by atoms with van der Waals surface area (Å²) in [6.45, 7) is 7.67. The molecule has 0 aliphatic heterocycles. The molecular weight excluding hydrogens is 311 g/mol. The molecule has 2 rings (SSSR count). The smallest absolute Gasteiger partial charge is 0.303 e. The molecule has 2 N–H and O–H groups in total. The van der Waals surface area contributed by atoms with Crippen molar-refractivity contribution in [3.8, 4) is 0 Å². The number of phosphoric acid groups is 1. The van der Waals surface area contributed by atoms with Crippen molar-refractivity contribution in [2.45, 2.75) is 33.3 Å². The molecule has 4 nitrogen and oxygen atoms in total. The highest BCUT2D eigenvalue weighted by Crippen LogP contribution is 2.53. The Hall–Kier alpha value is -1.45. The van der Waals surface area contributed by atoms with Gasteiger partial charge in [0.15, 0.2) is 0 Å². The molecule has 0 aromatic heterocycles. The minimum absolute atomic E-state index is 0.183. The molecule has 0 bridgehead atoms. The van der Waals surface area contributed by atoms with Gasteiger partial charge in [0.2, 0.25) is 0 Å². The summed E-state index contributed by atoms with van der Waals surface area (Å²) in [6.07, 6.45) is 0. The molecule has 0 aliphatic rings. The van der Waals surface area contributed by atoms with Crippen molar-refractivity contribution in [1.82, 2.24) is 0 Å². The maximum atomic E-state index is 11.8. The Bertz CT molecular complexity index is 688. The Kier molecular flexibility index (Phi) is 5.12. The minimum Gasteiger partial charge on any atom is -0.303 e. The van der Waals surface area contributed by atoms with Gasteiger partial charge in [-0.15, -0.1) is 0 Å². The van der Waals surface area contributed by atoms with E-state index in [1.807, 2.05) is 76.2 Å². The SMILES string of the molecule is Cc1ccccc1C(OP(=O)(O)O)(c1ccccc1C)C(C)C. The van der Waals surface area contributed by atoms with Crippen LogP contribution in [0.4, 0.5) is 0 Å². The number of phosphoric ester groups is 1. The molecule has 0 heterocycles. The third-order valence-corrected chi connectivity index (χ3v) is 4.69. The van der Waals surface area contributed by atoms with Gasteiger partial charge in [-0.3, -0.25) is 4.52 Å². The Morgan fingerprint density at radius 2 is 1.30 bits per heavy atom. The van der Waals surface area contributed by atoms with E-state index in [-0.39, 0.29) is 5.92 Å². The Morgan fingerprint density at radius 1 is 0.913 bits per heavy atom. The van der Waals surface area contributed by atoms with Gasteiger partial charge in [0, 0.05) is 0 Å². The predicted octanol–water partition coefficient (Wildman–Crippen LogP) is 4.31. The number of aryl methyl sites for hydroxylation is 2. The van der Waals surface area contributed by atoms with Gasteiger partial charge in [0.25, 0.3) is 0 Å². The number of hydrogen-bond acceptors (Lipinski definition) is 2. The predicted molar refractivity (Wildman–Crippen MR) is 91.1 cm³/mol. The lowest BCUT2D eigenvalue weighted by Gasteiger charge is -2.40. The van der Waals surface area contributed by atoms with Crippen LogP contribution in [0.15, 0.2) is 48.5 Å². The summed E-state index contributed by atoms with van der Waals surface area (Å²) in [5.41, 5.74) is 2.19. The molecule has 0 fully saturated rings. The molecule has 23 heavy (non-hydrogen) atoms. The fraction of sp³-hybridized carbons (Fsp3) is 0.333. The van der Waals surface area contributed by atoms with Gasteiger partial charge in [-0.1, -0.05) is 62.4 Å². The molecule has 2 aromatic carbocycles. The largest absolute Gasteiger partial charge is 0.470 e. The maximum Gasteiger partial charge on any atom is 0.470 e. The lowest BCUT2D eigenvalue weighted by Crippen LogP contribution is -2.37.